The number of nitrogens with two attached hydrogens (primary N) is 2. The number of hydrogen-bond donors (Lipinski definition) is 3. The van der Waals surface area contributed by atoms with Crippen LogP contribution in [0.3, 0.4) is 0 Å². The van der Waals surface area contributed by atoms with Crippen molar-refractivity contribution in [3.63, 3.8) is 0 Å². The van der Waals surface area contributed by atoms with E-state index in [2.05, 4.69) is 23.5 Å². The Morgan fingerprint density at radius 3 is 2.70 bits per heavy atom. The minimum Gasteiger partial charge on any atom is -0.403 e. The molecule has 0 saturated heterocycles. The molecule has 156 valence electrons. The summed E-state index contributed by atoms with van der Waals surface area (Å²) in [5.74, 6) is 6.54. The number of nitrogens with zero attached hydrogens (tertiary/aromatic N) is 2. The molecular formula is C23H27N5OS. The quantitative estimate of drug-likeness (QED) is 0.415. The number of fused-ring (bicyclic) bond motifs is 1. The van der Waals surface area contributed by atoms with E-state index >= 15 is 0 Å². The van der Waals surface area contributed by atoms with Gasteiger partial charge in [-0.15, -0.1) is 11.3 Å². The van der Waals surface area contributed by atoms with E-state index in [1.807, 2.05) is 37.3 Å². The molecule has 0 spiro atoms. The van der Waals surface area contributed by atoms with Crippen molar-refractivity contribution in [3.05, 3.63) is 60.3 Å². The zero-order valence-corrected chi connectivity index (χ0v) is 17.9. The van der Waals surface area contributed by atoms with E-state index < -0.39 is 0 Å². The second-order valence-electron chi connectivity index (χ2n) is 7.61. The maximum Gasteiger partial charge on any atom is 0.219 e. The van der Waals surface area contributed by atoms with Gasteiger partial charge < -0.3 is 16.1 Å². The lowest BCUT2D eigenvalue weighted by Gasteiger charge is -2.28. The van der Waals surface area contributed by atoms with Crippen LogP contribution in [-0.4, -0.2) is 28.0 Å². The number of aromatic nitrogens is 1. The molecule has 5 N–H and O–H groups in total. The summed E-state index contributed by atoms with van der Waals surface area (Å²) in [6, 6.07) is 16.7. The highest BCUT2D eigenvalue weighted by molar-refractivity contribution is 7.21. The van der Waals surface area contributed by atoms with Crippen LogP contribution in [0.4, 0.5) is 0 Å². The van der Waals surface area contributed by atoms with Gasteiger partial charge >= 0.3 is 0 Å². The van der Waals surface area contributed by atoms with Crippen LogP contribution < -0.4 is 16.9 Å². The smallest absolute Gasteiger partial charge is 0.219 e. The number of rotatable bonds is 6. The summed E-state index contributed by atoms with van der Waals surface area (Å²) >= 11 is 1.68. The molecule has 2 aromatic carbocycles. The third kappa shape index (κ3) is 4.17. The largest absolute Gasteiger partial charge is 0.403 e. The van der Waals surface area contributed by atoms with E-state index in [-0.39, 0.29) is 18.0 Å². The Morgan fingerprint density at radius 1 is 1.23 bits per heavy atom. The number of benzene rings is 2. The van der Waals surface area contributed by atoms with Crippen molar-refractivity contribution < 1.29 is 4.79 Å². The van der Waals surface area contributed by atoms with Gasteiger partial charge in [0.1, 0.15) is 5.01 Å². The van der Waals surface area contributed by atoms with Crippen LogP contribution >= 0.6 is 11.3 Å². The first-order valence-electron chi connectivity index (χ1n) is 10.3. The Bertz CT molecular complexity index is 1030. The van der Waals surface area contributed by atoms with Crippen molar-refractivity contribution in [2.24, 2.45) is 11.6 Å². The number of thiazole rings is 1. The topological polar surface area (TPSA) is 97.3 Å². The van der Waals surface area contributed by atoms with Crippen molar-refractivity contribution >= 4 is 33.2 Å². The first kappa shape index (κ1) is 20.4. The zero-order valence-electron chi connectivity index (χ0n) is 17.0. The Balaban J connectivity index is 1.47. The van der Waals surface area contributed by atoms with E-state index in [0.29, 0.717) is 6.42 Å². The molecule has 1 unspecified atom stereocenters. The molecule has 0 radical (unpaired) electrons. The number of amides is 1. The Morgan fingerprint density at radius 2 is 2.00 bits per heavy atom. The van der Waals surface area contributed by atoms with Crippen molar-refractivity contribution in [2.75, 3.05) is 0 Å². The van der Waals surface area contributed by atoms with Gasteiger partial charge in [0.15, 0.2) is 0 Å². The normalized spacial score (nSPS) is 19.2. The molecule has 1 saturated carbocycles. The van der Waals surface area contributed by atoms with Crippen molar-refractivity contribution in [1.82, 2.24) is 15.3 Å². The molecule has 4 rings (SSSR count). The van der Waals surface area contributed by atoms with E-state index in [1.165, 1.54) is 4.70 Å². The van der Waals surface area contributed by atoms with Gasteiger partial charge in [-0.1, -0.05) is 43.3 Å². The molecule has 30 heavy (non-hydrogen) atoms. The Kier molecular flexibility index (Phi) is 6.01. The molecule has 1 aliphatic carbocycles. The number of hydrazine groups is 1. The van der Waals surface area contributed by atoms with Crippen LogP contribution in [-0.2, 0) is 4.79 Å². The third-order valence-electron chi connectivity index (χ3n) is 5.64. The average molecular weight is 422 g/mol. The molecule has 3 aromatic rings. The summed E-state index contributed by atoms with van der Waals surface area (Å²) in [5.41, 5.74) is 9.79. The predicted octanol–water partition coefficient (Wildman–Crippen LogP) is 3.84. The molecule has 2 atom stereocenters. The van der Waals surface area contributed by atoms with Crippen LogP contribution in [0.1, 0.15) is 38.2 Å². The van der Waals surface area contributed by atoms with Crippen LogP contribution in [0.5, 0.6) is 0 Å². The van der Waals surface area contributed by atoms with Crippen LogP contribution in [0, 0.1) is 0 Å². The number of para-hydroxylation sites is 1. The second kappa shape index (κ2) is 8.85. The highest BCUT2D eigenvalue weighted by Gasteiger charge is 2.30. The number of hydrogen-bond acceptors (Lipinski definition) is 6. The summed E-state index contributed by atoms with van der Waals surface area (Å²) < 4.78 is 1.18. The fraction of sp³-hybridized carbons (Fsp3) is 0.304. The maximum atomic E-state index is 11.7. The minimum atomic E-state index is 0.0873. The summed E-state index contributed by atoms with van der Waals surface area (Å²) in [4.78, 5) is 16.4. The lowest BCUT2D eigenvalue weighted by atomic mass is 10.1. The van der Waals surface area contributed by atoms with Gasteiger partial charge in [0, 0.05) is 35.8 Å². The Labute approximate surface area is 180 Å². The van der Waals surface area contributed by atoms with Gasteiger partial charge in [0.05, 0.1) is 15.9 Å². The molecule has 0 aliphatic heterocycles. The minimum absolute atomic E-state index is 0.0873. The van der Waals surface area contributed by atoms with Gasteiger partial charge in [-0.2, -0.15) is 0 Å². The van der Waals surface area contributed by atoms with E-state index in [0.717, 1.165) is 46.6 Å². The van der Waals surface area contributed by atoms with Gasteiger partial charge in [-0.25, -0.2) is 10.8 Å². The van der Waals surface area contributed by atoms with Crippen LogP contribution in [0.2, 0.25) is 0 Å². The summed E-state index contributed by atoms with van der Waals surface area (Å²) in [6.45, 7) is 1.87. The van der Waals surface area contributed by atoms with E-state index in [4.69, 9.17) is 16.6 Å². The highest BCUT2D eigenvalue weighted by Crippen LogP contribution is 2.32. The molecule has 1 fully saturated rings. The van der Waals surface area contributed by atoms with Gasteiger partial charge in [-0.3, -0.25) is 4.79 Å². The molecule has 0 bridgehead atoms. The average Bonchev–Trinajstić information content (AvgIpc) is 3.41. The van der Waals surface area contributed by atoms with Crippen molar-refractivity contribution in [2.45, 2.75) is 44.7 Å². The predicted molar refractivity (Wildman–Crippen MR) is 123 cm³/mol. The highest BCUT2D eigenvalue weighted by atomic mass is 32.1. The standard InChI is InChI=1S/C23H27N5OS/c1-2-22(29)26-17-11-12-18(13-17)28(25)20(14-24)15-7-9-16(10-8-15)23-27-19-5-3-4-6-21(19)30-23/h3-10,14,17-18H,2,11-13,24-25H2,1H3,(H,26,29)/b20-14-/t17?,18-/m1/s1. The summed E-state index contributed by atoms with van der Waals surface area (Å²) in [5, 5.41) is 5.82. The van der Waals surface area contributed by atoms with E-state index in [9.17, 15) is 4.79 Å². The molecular weight excluding hydrogens is 394 g/mol. The molecule has 1 heterocycles. The van der Waals surface area contributed by atoms with Crippen molar-refractivity contribution in [3.8, 4) is 10.6 Å². The SMILES string of the molecule is CCC(=O)NC1CC[C@@H](N(N)/C(=C\N)c2ccc(-c3nc4ccccc4s3)cc2)C1. The summed E-state index contributed by atoms with van der Waals surface area (Å²) in [7, 11) is 0. The molecule has 1 amide bonds. The zero-order chi connectivity index (χ0) is 21.1. The molecule has 7 heteroatoms. The number of nitrogens with one attached hydrogen (secondary N) is 1. The van der Waals surface area contributed by atoms with Crippen LogP contribution in [0.15, 0.2) is 54.7 Å². The summed E-state index contributed by atoms with van der Waals surface area (Å²) in [6.07, 6.45) is 4.74. The fourth-order valence-electron chi connectivity index (χ4n) is 3.98. The number of carbonyl (C=O) groups is 1. The second-order valence-corrected chi connectivity index (χ2v) is 8.64. The first-order chi connectivity index (χ1) is 14.6. The number of carbonyl (C=O) groups excluding carboxylic acids is 1. The van der Waals surface area contributed by atoms with Crippen molar-refractivity contribution in [1.29, 1.82) is 0 Å². The third-order valence-corrected chi connectivity index (χ3v) is 6.73. The van der Waals surface area contributed by atoms with Gasteiger partial charge in [0.25, 0.3) is 0 Å². The first-order valence-corrected chi connectivity index (χ1v) is 11.1. The van der Waals surface area contributed by atoms with Gasteiger partial charge in [0.2, 0.25) is 5.91 Å². The van der Waals surface area contributed by atoms with E-state index in [1.54, 1.807) is 22.5 Å². The fourth-order valence-corrected chi connectivity index (χ4v) is 4.95. The Hall–Kier alpha value is -2.90. The molecule has 1 aliphatic rings. The molecule has 1 aromatic heterocycles. The van der Waals surface area contributed by atoms with Crippen LogP contribution in [0.25, 0.3) is 26.5 Å². The lowest BCUT2D eigenvalue weighted by Crippen LogP contribution is -2.40. The lowest BCUT2D eigenvalue weighted by molar-refractivity contribution is -0.121. The molecule has 6 nitrogen and oxygen atoms in total. The van der Waals surface area contributed by atoms with Gasteiger partial charge in [-0.05, 0) is 31.4 Å². The monoisotopic (exact) mass is 421 g/mol. The maximum absolute atomic E-state index is 11.7.